The summed E-state index contributed by atoms with van der Waals surface area (Å²) in [5.41, 5.74) is 0. The van der Waals surface area contributed by atoms with Gasteiger partial charge in [-0.1, -0.05) is 379 Å². The van der Waals surface area contributed by atoms with Crippen LogP contribution < -0.4 is 0 Å². The number of Topliss-reactive ketones (excluding diaryl/α,β-unsaturated/α-hetero) is 1. The monoisotopic (exact) mass is 897 g/mol. The van der Waals surface area contributed by atoms with Gasteiger partial charge in [-0.2, -0.15) is 0 Å². The van der Waals surface area contributed by atoms with Crippen molar-refractivity contribution in [1.82, 2.24) is 0 Å². The quantitative estimate of drug-likeness (QED) is 0.270. The topological polar surface area (TPSA) is 17.1 Å². The summed E-state index contributed by atoms with van der Waals surface area (Å²) in [5.74, 6) is 1.10. The van der Waals surface area contributed by atoms with Gasteiger partial charge in [0.1, 0.15) is 5.78 Å². The summed E-state index contributed by atoms with van der Waals surface area (Å²) in [6.07, 6.45) is 88.5. The van der Waals surface area contributed by atoms with Gasteiger partial charge in [0.05, 0.1) is 0 Å². The molecular formula is C63H124O. The summed E-state index contributed by atoms with van der Waals surface area (Å²) in [6, 6.07) is 0. The Labute approximate surface area is 407 Å². The summed E-state index contributed by atoms with van der Waals surface area (Å²) < 4.78 is 0. The molecule has 64 heavy (non-hydrogen) atoms. The zero-order chi connectivity index (χ0) is 45.6. The van der Waals surface area contributed by atoms with Crippen molar-refractivity contribution in [3.63, 3.8) is 0 Å². The van der Waals surface area contributed by atoms with Crippen molar-refractivity contribution in [3.05, 3.63) is 0 Å². The number of carbonyl (C=O) groups is 1. The van der Waals surface area contributed by atoms with E-state index in [0.29, 0.717) is 5.78 Å². The van der Waals surface area contributed by atoms with Crippen LogP contribution in [0.5, 0.6) is 0 Å². The largest absolute Gasteiger partial charge is 0.300 e. The van der Waals surface area contributed by atoms with Crippen LogP contribution in [0.2, 0.25) is 0 Å². The van der Waals surface area contributed by atoms with Gasteiger partial charge in [0, 0.05) is 6.42 Å². The minimum atomic E-state index is 0.368. The number of hydrogen-bond acceptors (Lipinski definition) is 1. The van der Waals surface area contributed by atoms with Crippen molar-refractivity contribution in [2.45, 2.75) is 392 Å². The van der Waals surface area contributed by atoms with Crippen LogP contribution in [0.1, 0.15) is 392 Å². The van der Waals surface area contributed by atoms with Gasteiger partial charge in [0.15, 0.2) is 0 Å². The van der Waals surface area contributed by atoms with Gasteiger partial charge in [0.25, 0.3) is 0 Å². The SMILES string of the molecule is C1CCCCC1.C1CCCCC1.C1CCCCC1.C1CCCCC1.C1CCCCC1.C1CCCCC1.C1CCCCC1.C1CCCCC1.C1CCCCC1.CC(=O)CC1CCCCC1. The third kappa shape index (κ3) is 52.6. The number of hydrogen-bond donors (Lipinski definition) is 0. The lowest BCUT2D eigenvalue weighted by atomic mass is 9.86. The fourth-order valence-electron chi connectivity index (χ4n) is 11.3. The second-order valence-electron chi connectivity index (χ2n) is 22.5. The molecular weight excluding hydrogens is 773 g/mol. The minimum absolute atomic E-state index is 0.368. The highest BCUT2D eigenvalue weighted by molar-refractivity contribution is 5.75. The van der Waals surface area contributed by atoms with Crippen molar-refractivity contribution in [1.29, 1.82) is 0 Å². The van der Waals surface area contributed by atoms with E-state index in [2.05, 4.69) is 0 Å². The van der Waals surface area contributed by atoms with Crippen molar-refractivity contribution in [3.8, 4) is 0 Å². The van der Waals surface area contributed by atoms with Crippen LogP contribution in [0.15, 0.2) is 0 Å². The van der Waals surface area contributed by atoms with Crippen LogP contribution in [0.3, 0.4) is 0 Å². The van der Waals surface area contributed by atoms with Gasteiger partial charge in [-0.3, -0.25) is 0 Å². The molecule has 382 valence electrons. The molecule has 0 aromatic carbocycles. The van der Waals surface area contributed by atoms with Gasteiger partial charge in [-0.25, -0.2) is 0 Å². The van der Waals surface area contributed by atoms with E-state index in [1.165, 1.54) is 379 Å². The van der Waals surface area contributed by atoms with Crippen LogP contribution in [0.25, 0.3) is 0 Å². The van der Waals surface area contributed by atoms with Crippen molar-refractivity contribution in [2.24, 2.45) is 5.92 Å². The van der Waals surface area contributed by atoms with E-state index in [0.717, 1.165) is 12.3 Å². The highest BCUT2D eigenvalue weighted by Gasteiger charge is 2.14. The molecule has 0 aromatic heterocycles. The fourth-order valence-corrected chi connectivity index (χ4v) is 11.3. The highest BCUT2D eigenvalue weighted by Crippen LogP contribution is 2.26. The Bertz CT molecular complexity index is 530. The Morgan fingerprint density at radius 2 is 0.297 bits per heavy atom. The molecule has 0 saturated heterocycles. The van der Waals surface area contributed by atoms with Crippen LogP contribution >= 0.6 is 0 Å². The Hall–Kier alpha value is -0.330. The first-order valence-corrected chi connectivity index (χ1v) is 31.3. The van der Waals surface area contributed by atoms with E-state index in [1.54, 1.807) is 6.92 Å². The molecule has 0 N–H and O–H groups in total. The van der Waals surface area contributed by atoms with E-state index in [9.17, 15) is 4.79 Å². The average molecular weight is 898 g/mol. The van der Waals surface area contributed by atoms with E-state index in [4.69, 9.17) is 0 Å². The second kappa shape index (κ2) is 55.3. The zero-order valence-electron chi connectivity index (χ0n) is 44.9. The van der Waals surface area contributed by atoms with E-state index in [1.807, 2.05) is 0 Å². The van der Waals surface area contributed by atoms with Gasteiger partial charge < -0.3 is 4.79 Å². The lowest BCUT2D eigenvalue weighted by molar-refractivity contribution is -0.118. The Morgan fingerprint density at radius 1 is 0.203 bits per heavy atom. The summed E-state index contributed by atoms with van der Waals surface area (Å²) >= 11 is 0. The average Bonchev–Trinajstić information content (AvgIpc) is 3.43. The van der Waals surface area contributed by atoms with Gasteiger partial charge in [-0.15, -0.1) is 0 Å². The molecule has 0 bridgehead atoms. The lowest BCUT2D eigenvalue weighted by Gasteiger charge is -2.19. The molecule has 10 aliphatic carbocycles. The Morgan fingerprint density at radius 3 is 0.391 bits per heavy atom. The van der Waals surface area contributed by atoms with Crippen molar-refractivity contribution in [2.75, 3.05) is 0 Å². The summed E-state index contributed by atoms with van der Waals surface area (Å²) in [6.45, 7) is 1.70. The lowest BCUT2D eigenvalue weighted by Crippen LogP contribution is -2.09. The van der Waals surface area contributed by atoms with Crippen LogP contribution in [-0.4, -0.2) is 5.78 Å². The maximum Gasteiger partial charge on any atom is 0.130 e. The maximum absolute atomic E-state index is 10.7. The molecule has 0 radical (unpaired) electrons. The molecule has 10 fully saturated rings. The molecule has 0 spiro atoms. The molecule has 0 atom stereocenters. The number of ketones is 1. The molecule has 10 rings (SSSR count). The molecule has 0 aliphatic heterocycles. The van der Waals surface area contributed by atoms with Crippen molar-refractivity contribution >= 4 is 5.78 Å². The zero-order valence-corrected chi connectivity index (χ0v) is 44.9. The van der Waals surface area contributed by atoms with Crippen LogP contribution in [0.4, 0.5) is 0 Å². The summed E-state index contributed by atoms with van der Waals surface area (Å²) in [5, 5.41) is 0. The summed E-state index contributed by atoms with van der Waals surface area (Å²) in [4.78, 5) is 10.7. The van der Waals surface area contributed by atoms with Crippen molar-refractivity contribution < 1.29 is 4.79 Å². The first kappa shape index (κ1) is 61.7. The van der Waals surface area contributed by atoms with Gasteiger partial charge in [-0.05, 0) is 12.8 Å². The summed E-state index contributed by atoms with van der Waals surface area (Å²) in [7, 11) is 0. The van der Waals surface area contributed by atoms with Crippen LogP contribution in [-0.2, 0) is 4.79 Å². The predicted molar refractivity (Wildman–Crippen MR) is 291 cm³/mol. The molecule has 0 heterocycles. The standard InChI is InChI=1S/C9H16O.9C6H12/c1-8(10)7-9-5-3-2-4-6-9;9*1-2-4-6-5-3-1/h9H,2-7H2,1H3;9*1-6H2. The smallest absolute Gasteiger partial charge is 0.130 e. The molecule has 1 heteroatoms. The molecule has 10 saturated carbocycles. The third-order valence-corrected chi connectivity index (χ3v) is 15.8. The highest BCUT2D eigenvalue weighted by atomic mass is 16.1. The Kier molecular flexibility index (Phi) is 53.3. The normalized spacial score (nSPS) is 23.5. The van der Waals surface area contributed by atoms with E-state index >= 15 is 0 Å². The number of rotatable bonds is 2. The minimum Gasteiger partial charge on any atom is -0.300 e. The fraction of sp³-hybridized carbons (Fsp3) is 0.984. The van der Waals surface area contributed by atoms with E-state index < -0.39 is 0 Å². The molecule has 10 aliphatic rings. The molecule has 0 unspecified atom stereocenters. The maximum atomic E-state index is 10.7. The first-order chi connectivity index (χ1) is 31.8. The first-order valence-electron chi connectivity index (χ1n) is 31.3. The van der Waals surface area contributed by atoms with E-state index in [-0.39, 0.29) is 0 Å². The molecule has 0 aromatic rings. The third-order valence-electron chi connectivity index (χ3n) is 15.8. The molecule has 0 amide bonds. The van der Waals surface area contributed by atoms with Gasteiger partial charge in [0.2, 0.25) is 0 Å². The second-order valence-corrected chi connectivity index (χ2v) is 22.5. The number of carbonyl (C=O) groups excluding carboxylic acids is 1. The Balaban J connectivity index is 0.000000357. The molecule has 1 nitrogen and oxygen atoms in total. The van der Waals surface area contributed by atoms with Gasteiger partial charge >= 0.3 is 0 Å². The predicted octanol–water partition coefficient (Wildman–Crippen LogP) is 23.6. The van der Waals surface area contributed by atoms with Crippen LogP contribution in [0, 0.1) is 5.92 Å².